The number of aliphatic hydroxyl groups is 1. The van der Waals surface area contributed by atoms with E-state index in [9.17, 15) is 5.11 Å². The third-order valence-electron chi connectivity index (χ3n) is 3.04. The second-order valence-corrected chi connectivity index (χ2v) is 4.75. The zero-order chi connectivity index (χ0) is 15.1. The van der Waals surface area contributed by atoms with Gasteiger partial charge in [0.1, 0.15) is 24.2 Å². The van der Waals surface area contributed by atoms with Crippen LogP contribution in [0, 0.1) is 11.3 Å². The summed E-state index contributed by atoms with van der Waals surface area (Å²) in [5.74, 6) is 1.40. The van der Waals surface area contributed by atoms with E-state index < -0.39 is 6.10 Å². The van der Waals surface area contributed by atoms with Gasteiger partial charge in [-0.2, -0.15) is 5.26 Å². The Hall–Kier alpha value is -2.29. The summed E-state index contributed by atoms with van der Waals surface area (Å²) in [7, 11) is 0. The number of nitriles is 1. The normalized spacial score (nSPS) is 13.4. The molecule has 5 nitrogen and oxygen atoms in total. The van der Waals surface area contributed by atoms with Gasteiger partial charge in [0.25, 0.3) is 0 Å². The molecule has 5 heteroatoms. The van der Waals surface area contributed by atoms with E-state index in [1.54, 1.807) is 30.5 Å². The van der Waals surface area contributed by atoms with E-state index in [-0.39, 0.29) is 12.6 Å². The quantitative estimate of drug-likeness (QED) is 0.816. The van der Waals surface area contributed by atoms with Crippen molar-refractivity contribution in [1.29, 1.82) is 5.26 Å². The van der Waals surface area contributed by atoms with Crippen LogP contribution < -0.4 is 10.1 Å². The Labute approximate surface area is 123 Å². The fourth-order valence-electron chi connectivity index (χ4n) is 1.86. The molecule has 1 heterocycles. The topological polar surface area (TPSA) is 78.4 Å². The van der Waals surface area contributed by atoms with Crippen LogP contribution in [0.4, 0.5) is 0 Å². The lowest BCUT2D eigenvalue weighted by molar-refractivity contribution is 0.103. The van der Waals surface area contributed by atoms with Gasteiger partial charge >= 0.3 is 0 Å². The van der Waals surface area contributed by atoms with Crippen molar-refractivity contribution < 1.29 is 14.3 Å². The van der Waals surface area contributed by atoms with Gasteiger partial charge in [0.2, 0.25) is 0 Å². The summed E-state index contributed by atoms with van der Waals surface area (Å²) in [6, 6.07) is 12.6. The fourth-order valence-corrected chi connectivity index (χ4v) is 1.86. The van der Waals surface area contributed by atoms with Gasteiger partial charge < -0.3 is 19.6 Å². The van der Waals surface area contributed by atoms with Gasteiger partial charge in [-0.1, -0.05) is 6.07 Å². The van der Waals surface area contributed by atoms with Gasteiger partial charge in [-0.05, 0) is 37.3 Å². The molecule has 110 valence electrons. The van der Waals surface area contributed by atoms with Crippen molar-refractivity contribution in [2.75, 3.05) is 13.2 Å². The maximum Gasteiger partial charge on any atom is 0.120 e. The molecule has 1 aromatic carbocycles. The SMILES string of the molecule is C[C@@H](NCC(O)COc1cccc(C#N)c1)c1ccco1. The lowest BCUT2D eigenvalue weighted by Gasteiger charge is -2.16. The molecular weight excluding hydrogens is 268 g/mol. The maximum atomic E-state index is 9.90. The number of aliphatic hydroxyl groups excluding tert-OH is 1. The molecule has 0 aliphatic rings. The molecule has 2 atom stereocenters. The van der Waals surface area contributed by atoms with Gasteiger partial charge in [0.15, 0.2) is 0 Å². The molecule has 0 saturated carbocycles. The summed E-state index contributed by atoms with van der Waals surface area (Å²) < 4.78 is 10.7. The molecule has 0 saturated heterocycles. The monoisotopic (exact) mass is 286 g/mol. The summed E-state index contributed by atoms with van der Waals surface area (Å²) in [5, 5.41) is 21.9. The maximum absolute atomic E-state index is 9.90. The molecular formula is C16H18N2O3. The third-order valence-corrected chi connectivity index (χ3v) is 3.04. The lowest BCUT2D eigenvalue weighted by atomic mass is 10.2. The van der Waals surface area contributed by atoms with Crippen molar-refractivity contribution in [1.82, 2.24) is 5.32 Å². The van der Waals surface area contributed by atoms with Crippen molar-refractivity contribution in [3.8, 4) is 11.8 Å². The highest BCUT2D eigenvalue weighted by Gasteiger charge is 2.11. The van der Waals surface area contributed by atoms with Gasteiger partial charge in [0, 0.05) is 6.54 Å². The number of nitrogens with zero attached hydrogens (tertiary/aromatic N) is 1. The van der Waals surface area contributed by atoms with Crippen LogP contribution in [0.25, 0.3) is 0 Å². The Balaban J connectivity index is 1.74. The van der Waals surface area contributed by atoms with Gasteiger partial charge in [-0.25, -0.2) is 0 Å². The molecule has 2 aromatic rings. The van der Waals surface area contributed by atoms with Crippen molar-refractivity contribution in [3.05, 3.63) is 54.0 Å². The van der Waals surface area contributed by atoms with E-state index in [4.69, 9.17) is 14.4 Å². The average Bonchev–Trinajstić information content (AvgIpc) is 3.05. The Morgan fingerprint density at radius 3 is 2.95 bits per heavy atom. The summed E-state index contributed by atoms with van der Waals surface area (Å²) in [4.78, 5) is 0. The number of hydrogen-bond acceptors (Lipinski definition) is 5. The van der Waals surface area contributed by atoms with Crippen molar-refractivity contribution in [3.63, 3.8) is 0 Å². The molecule has 0 aliphatic heterocycles. The summed E-state index contributed by atoms with van der Waals surface area (Å²) in [6.45, 7) is 2.51. The van der Waals surface area contributed by atoms with Crippen molar-refractivity contribution in [2.24, 2.45) is 0 Å². The zero-order valence-electron chi connectivity index (χ0n) is 11.8. The Kier molecular flexibility index (Phi) is 5.38. The summed E-state index contributed by atoms with van der Waals surface area (Å²) in [6.07, 6.45) is 0.975. The fraction of sp³-hybridized carbons (Fsp3) is 0.312. The van der Waals surface area contributed by atoms with E-state index in [0.29, 0.717) is 17.9 Å². The molecule has 1 unspecified atom stereocenters. The number of benzene rings is 1. The summed E-state index contributed by atoms with van der Waals surface area (Å²) in [5.41, 5.74) is 0.534. The van der Waals surface area contributed by atoms with Crippen LogP contribution in [0.3, 0.4) is 0 Å². The van der Waals surface area contributed by atoms with Crippen LogP contribution >= 0.6 is 0 Å². The minimum atomic E-state index is -0.645. The molecule has 21 heavy (non-hydrogen) atoms. The second-order valence-electron chi connectivity index (χ2n) is 4.75. The first-order chi connectivity index (χ1) is 10.2. The van der Waals surface area contributed by atoms with Crippen LogP contribution in [0.2, 0.25) is 0 Å². The Morgan fingerprint density at radius 1 is 1.38 bits per heavy atom. The molecule has 0 spiro atoms. The van der Waals surface area contributed by atoms with Crippen molar-refractivity contribution >= 4 is 0 Å². The highest BCUT2D eigenvalue weighted by Crippen LogP contribution is 2.14. The minimum Gasteiger partial charge on any atom is -0.491 e. The minimum absolute atomic E-state index is 0.0246. The molecule has 0 aliphatic carbocycles. The number of rotatable bonds is 7. The first kappa shape index (κ1) is 15.1. The van der Waals surface area contributed by atoms with Crippen LogP contribution in [-0.4, -0.2) is 24.4 Å². The molecule has 1 aromatic heterocycles. The van der Waals surface area contributed by atoms with Crippen LogP contribution in [0.5, 0.6) is 5.75 Å². The molecule has 0 fully saturated rings. The van der Waals surface area contributed by atoms with Gasteiger partial charge in [-0.15, -0.1) is 0 Å². The number of nitrogens with one attached hydrogen (secondary N) is 1. The molecule has 2 rings (SSSR count). The number of ether oxygens (including phenoxy) is 1. The summed E-state index contributed by atoms with van der Waals surface area (Å²) >= 11 is 0. The van der Waals surface area contributed by atoms with Gasteiger partial charge in [0.05, 0.1) is 23.9 Å². The standard InChI is InChI=1S/C16H18N2O3/c1-12(16-6-3-7-20-16)18-10-14(19)11-21-15-5-2-4-13(8-15)9-17/h2-8,12,14,18-19H,10-11H2,1H3/t12-,14?/m1/s1. The second kappa shape index (κ2) is 7.48. The average molecular weight is 286 g/mol. The molecule has 0 amide bonds. The first-order valence-corrected chi connectivity index (χ1v) is 6.77. The van der Waals surface area contributed by atoms with E-state index in [1.165, 1.54) is 0 Å². The Morgan fingerprint density at radius 2 is 2.24 bits per heavy atom. The van der Waals surface area contributed by atoms with E-state index in [2.05, 4.69) is 5.32 Å². The zero-order valence-corrected chi connectivity index (χ0v) is 11.8. The molecule has 2 N–H and O–H groups in total. The van der Waals surface area contributed by atoms with E-state index in [1.807, 2.05) is 25.1 Å². The number of furan rings is 1. The van der Waals surface area contributed by atoms with Crippen LogP contribution in [-0.2, 0) is 0 Å². The molecule has 0 radical (unpaired) electrons. The smallest absolute Gasteiger partial charge is 0.120 e. The first-order valence-electron chi connectivity index (χ1n) is 6.77. The van der Waals surface area contributed by atoms with Crippen molar-refractivity contribution in [2.45, 2.75) is 19.1 Å². The predicted octanol–water partition coefficient (Wildman–Crippen LogP) is 2.24. The number of hydrogen-bond donors (Lipinski definition) is 2. The van der Waals surface area contributed by atoms with Crippen LogP contribution in [0.15, 0.2) is 47.1 Å². The lowest BCUT2D eigenvalue weighted by Crippen LogP contribution is -2.32. The van der Waals surface area contributed by atoms with Crippen LogP contribution in [0.1, 0.15) is 24.3 Å². The van der Waals surface area contributed by atoms with E-state index >= 15 is 0 Å². The molecule has 0 bridgehead atoms. The van der Waals surface area contributed by atoms with Gasteiger partial charge in [-0.3, -0.25) is 0 Å². The Bertz CT molecular complexity index is 590. The third kappa shape index (κ3) is 4.63. The van der Waals surface area contributed by atoms with E-state index in [0.717, 1.165) is 5.76 Å². The predicted molar refractivity (Wildman–Crippen MR) is 77.8 cm³/mol. The highest BCUT2D eigenvalue weighted by molar-refractivity contribution is 5.36. The highest BCUT2D eigenvalue weighted by atomic mass is 16.5. The largest absolute Gasteiger partial charge is 0.491 e.